The monoisotopic (exact) mass is 479 g/mol. The molecule has 2 aromatic heterocycles. The van der Waals surface area contributed by atoms with E-state index >= 15 is 0 Å². The molecule has 0 saturated carbocycles. The van der Waals surface area contributed by atoms with E-state index in [1.165, 1.54) is 0 Å². The first-order valence-corrected chi connectivity index (χ1v) is 11.5. The van der Waals surface area contributed by atoms with Crippen LogP contribution in [0.25, 0.3) is 28.8 Å². The van der Waals surface area contributed by atoms with Crippen LogP contribution in [0.2, 0.25) is 0 Å². The molecule has 3 heterocycles. The summed E-state index contributed by atoms with van der Waals surface area (Å²) in [4.78, 5) is 19.2. The van der Waals surface area contributed by atoms with Crippen LogP contribution < -0.4 is 15.8 Å². The zero-order valence-electron chi connectivity index (χ0n) is 20.1. The number of hydrogen-bond acceptors (Lipinski definition) is 6. The van der Waals surface area contributed by atoms with E-state index < -0.39 is 11.7 Å². The Morgan fingerprint density at radius 3 is 2.61 bits per heavy atom. The maximum absolute atomic E-state index is 12.2. The highest BCUT2D eigenvalue weighted by atomic mass is 16.6. The molecule has 5 rings (SSSR count). The van der Waals surface area contributed by atoms with Crippen molar-refractivity contribution in [1.29, 1.82) is 0 Å². The fraction of sp³-hybridized carbons (Fsp3) is 0.143. The van der Waals surface area contributed by atoms with Crippen molar-refractivity contribution in [3.8, 4) is 5.88 Å². The van der Waals surface area contributed by atoms with Gasteiger partial charge in [-0.15, -0.1) is 10.2 Å². The third-order valence-electron chi connectivity index (χ3n) is 5.48. The molecule has 8 nitrogen and oxygen atoms in total. The van der Waals surface area contributed by atoms with Crippen molar-refractivity contribution in [2.75, 3.05) is 5.32 Å². The quantitative estimate of drug-likeness (QED) is 0.366. The molecule has 0 unspecified atom stereocenters. The lowest BCUT2D eigenvalue weighted by molar-refractivity contribution is 0.0636. The molecule has 3 N–H and O–H groups in total. The van der Waals surface area contributed by atoms with Crippen LogP contribution in [0.15, 0.2) is 77.2 Å². The average Bonchev–Trinajstić information content (AvgIpc) is 3.37. The number of anilines is 1. The van der Waals surface area contributed by atoms with E-state index in [0.717, 1.165) is 38.3 Å². The minimum Gasteiger partial charge on any atom is -0.494 e. The number of benzene rings is 2. The highest BCUT2D eigenvalue weighted by Gasteiger charge is 2.17. The fourth-order valence-corrected chi connectivity index (χ4v) is 3.88. The second kappa shape index (κ2) is 9.14. The first kappa shape index (κ1) is 23.0. The number of nitrogens with one attached hydrogen (secondary N) is 2. The number of H-pyrrole nitrogens is 1. The lowest BCUT2D eigenvalue weighted by Crippen LogP contribution is -2.27. The zero-order valence-corrected chi connectivity index (χ0v) is 20.1. The van der Waals surface area contributed by atoms with Gasteiger partial charge >= 0.3 is 6.09 Å². The van der Waals surface area contributed by atoms with E-state index in [9.17, 15) is 9.90 Å². The lowest BCUT2D eigenvalue weighted by atomic mass is 10.1. The number of amides is 1. The summed E-state index contributed by atoms with van der Waals surface area (Å²) in [5.74, 6) is 0.0362. The molecule has 1 amide bonds. The Balaban J connectivity index is 1.47. The lowest BCUT2D eigenvalue weighted by Gasteiger charge is -2.19. The summed E-state index contributed by atoms with van der Waals surface area (Å²) >= 11 is 0. The standard InChI is InChI=1S/C28H25N5O3/c1-28(2,3)36-27(35)30-19-6-9-23-21(16-19)22(26(34)31-23)14-18-4-7-20-24(32-33-25(20)15-18)8-5-17-10-12-29-13-11-17/h4-16,31,34H,1-3H3,(H,30,35)/b8-5+,18-14+. The van der Waals surface area contributed by atoms with Gasteiger partial charge < -0.3 is 14.8 Å². The summed E-state index contributed by atoms with van der Waals surface area (Å²) in [6.07, 6.45) is 8.71. The van der Waals surface area contributed by atoms with Crippen molar-refractivity contribution in [2.45, 2.75) is 26.4 Å². The molecule has 0 fully saturated rings. The van der Waals surface area contributed by atoms with Crippen molar-refractivity contribution in [1.82, 2.24) is 9.97 Å². The number of carbonyl (C=O) groups excluding carboxylic acids is 1. The molecule has 0 radical (unpaired) electrons. The summed E-state index contributed by atoms with van der Waals surface area (Å²) in [7, 11) is 0. The summed E-state index contributed by atoms with van der Waals surface area (Å²) in [5.41, 5.74) is 3.87. The van der Waals surface area contributed by atoms with Gasteiger partial charge in [0.1, 0.15) is 5.60 Å². The molecule has 180 valence electrons. The molecule has 0 bridgehead atoms. The maximum atomic E-state index is 12.2. The van der Waals surface area contributed by atoms with E-state index in [0.29, 0.717) is 11.3 Å². The summed E-state index contributed by atoms with van der Waals surface area (Å²) in [6.45, 7) is 5.42. The molecule has 0 atom stereocenters. The predicted octanol–water partition coefficient (Wildman–Crippen LogP) is 5.36. The van der Waals surface area contributed by atoms with Crippen LogP contribution in [-0.4, -0.2) is 26.8 Å². The topological polar surface area (TPSA) is 112 Å². The third-order valence-corrected chi connectivity index (χ3v) is 5.48. The highest BCUT2D eigenvalue weighted by molar-refractivity contribution is 5.96. The molecule has 8 heteroatoms. The van der Waals surface area contributed by atoms with Crippen molar-refractivity contribution in [3.63, 3.8) is 0 Å². The molecule has 0 spiro atoms. The number of azo groups is 1. The SMILES string of the molecule is CC(C)(C)OC(=O)Nc1ccc2[nH]c(O)c(/C=c3\ccc4c(c3)N=NC=4/C=C/c3ccncc3)c2c1. The minimum atomic E-state index is -0.601. The van der Waals surface area contributed by atoms with E-state index in [-0.39, 0.29) is 5.88 Å². The summed E-state index contributed by atoms with van der Waals surface area (Å²) in [5, 5.41) is 24.5. The first-order chi connectivity index (χ1) is 17.2. The summed E-state index contributed by atoms with van der Waals surface area (Å²) in [6, 6.07) is 15.0. The van der Waals surface area contributed by atoms with Crippen LogP contribution in [0.4, 0.5) is 16.2 Å². The van der Waals surface area contributed by atoms with E-state index in [2.05, 4.69) is 25.5 Å². The number of pyridine rings is 1. The molecular weight excluding hydrogens is 454 g/mol. The Labute approximate surface area is 207 Å². The Morgan fingerprint density at radius 2 is 1.83 bits per heavy atom. The van der Waals surface area contributed by atoms with Crippen LogP contribution >= 0.6 is 0 Å². The van der Waals surface area contributed by atoms with Crippen LogP contribution in [0.3, 0.4) is 0 Å². The number of nitrogens with zero attached hydrogens (tertiary/aromatic N) is 3. The van der Waals surface area contributed by atoms with E-state index in [1.807, 2.05) is 48.6 Å². The molecule has 1 aliphatic rings. The number of carbonyl (C=O) groups is 1. The Morgan fingerprint density at radius 1 is 1.03 bits per heavy atom. The number of aromatic nitrogens is 2. The Kier molecular flexibility index (Phi) is 5.85. The van der Waals surface area contributed by atoms with Crippen molar-refractivity contribution < 1.29 is 14.6 Å². The number of hydrogen-bond donors (Lipinski definition) is 3. The van der Waals surface area contributed by atoms with Gasteiger partial charge in [0.2, 0.25) is 0 Å². The summed E-state index contributed by atoms with van der Waals surface area (Å²) < 4.78 is 5.33. The molecule has 0 saturated heterocycles. The molecule has 36 heavy (non-hydrogen) atoms. The number of aromatic amines is 1. The van der Waals surface area contributed by atoms with Crippen molar-refractivity contribution >= 4 is 46.2 Å². The Hall–Kier alpha value is -4.72. The van der Waals surface area contributed by atoms with Gasteiger partial charge in [-0.05, 0) is 86.2 Å². The van der Waals surface area contributed by atoms with Gasteiger partial charge in [-0.3, -0.25) is 10.3 Å². The average molecular weight is 480 g/mol. The van der Waals surface area contributed by atoms with Crippen molar-refractivity contribution in [2.24, 2.45) is 10.2 Å². The van der Waals surface area contributed by atoms with Crippen LogP contribution in [0.1, 0.15) is 31.9 Å². The van der Waals surface area contributed by atoms with Gasteiger partial charge in [0.05, 0.1) is 11.4 Å². The van der Waals surface area contributed by atoms with Gasteiger partial charge in [0.25, 0.3) is 0 Å². The smallest absolute Gasteiger partial charge is 0.412 e. The number of fused-ring (bicyclic) bond motifs is 2. The zero-order chi connectivity index (χ0) is 25.3. The second-order valence-corrected chi connectivity index (χ2v) is 9.39. The number of rotatable bonds is 4. The second-order valence-electron chi connectivity index (χ2n) is 9.39. The van der Waals surface area contributed by atoms with E-state index in [1.54, 1.807) is 51.4 Å². The first-order valence-electron chi connectivity index (χ1n) is 11.5. The Bertz CT molecular complexity index is 1640. The molecule has 1 aliphatic heterocycles. The fourth-order valence-electron chi connectivity index (χ4n) is 3.88. The predicted molar refractivity (Wildman–Crippen MR) is 140 cm³/mol. The third kappa shape index (κ3) is 5.02. The van der Waals surface area contributed by atoms with E-state index in [4.69, 9.17) is 4.74 Å². The highest BCUT2D eigenvalue weighted by Crippen LogP contribution is 2.30. The van der Waals surface area contributed by atoms with Gasteiger partial charge in [0, 0.05) is 39.8 Å². The van der Waals surface area contributed by atoms with Crippen LogP contribution in [-0.2, 0) is 4.74 Å². The normalized spacial score (nSPS) is 13.5. The van der Waals surface area contributed by atoms with Gasteiger partial charge in [-0.2, -0.15) is 0 Å². The largest absolute Gasteiger partial charge is 0.494 e. The molecular formula is C28H25N5O3. The van der Waals surface area contributed by atoms with Crippen LogP contribution in [0, 0.1) is 0 Å². The number of ether oxygens (including phenoxy) is 1. The van der Waals surface area contributed by atoms with Gasteiger partial charge in [-0.25, -0.2) is 4.79 Å². The minimum absolute atomic E-state index is 0.0362. The number of aromatic hydroxyl groups is 1. The maximum Gasteiger partial charge on any atom is 0.412 e. The van der Waals surface area contributed by atoms with Gasteiger partial charge in [-0.1, -0.05) is 12.1 Å². The van der Waals surface area contributed by atoms with Crippen LogP contribution in [0.5, 0.6) is 5.88 Å². The molecule has 4 aromatic rings. The molecule has 0 aliphatic carbocycles. The van der Waals surface area contributed by atoms with Crippen molar-refractivity contribution in [3.05, 3.63) is 88.6 Å². The molecule has 2 aromatic carbocycles. The van der Waals surface area contributed by atoms with Gasteiger partial charge in [0.15, 0.2) is 5.88 Å².